The first-order valence-electron chi connectivity index (χ1n) is 8.71. The number of anilines is 1. The van der Waals surface area contributed by atoms with Crippen molar-refractivity contribution in [3.05, 3.63) is 17.3 Å². The maximum absolute atomic E-state index is 12.3. The second kappa shape index (κ2) is 6.18. The number of likely N-dealkylation sites (tertiary alicyclic amines) is 1. The van der Waals surface area contributed by atoms with Crippen LogP contribution in [0.15, 0.2) is 6.07 Å². The van der Waals surface area contributed by atoms with Crippen molar-refractivity contribution in [1.29, 1.82) is 0 Å². The van der Waals surface area contributed by atoms with Crippen molar-refractivity contribution in [2.75, 3.05) is 18.4 Å². The Morgan fingerprint density at radius 3 is 2.76 bits per heavy atom. The molecule has 1 fully saturated rings. The molecule has 1 saturated heterocycles. The summed E-state index contributed by atoms with van der Waals surface area (Å²) in [6.45, 7) is 8.61. The third kappa shape index (κ3) is 3.74. The molecule has 3 heterocycles. The number of aryl methyl sites for hydroxylation is 2. The van der Waals surface area contributed by atoms with Crippen LogP contribution in [0.5, 0.6) is 0 Å². The van der Waals surface area contributed by atoms with Gasteiger partial charge < -0.3 is 25.0 Å². The number of aromatic nitrogens is 1. The summed E-state index contributed by atoms with van der Waals surface area (Å²) in [5.41, 5.74) is 1.33. The van der Waals surface area contributed by atoms with Crippen LogP contribution in [0.2, 0.25) is 0 Å². The molecule has 2 aliphatic heterocycles. The van der Waals surface area contributed by atoms with E-state index < -0.39 is 12.7 Å². The number of ether oxygens (including phenoxy) is 1. The minimum Gasteiger partial charge on any atom is -0.444 e. The van der Waals surface area contributed by atoms with Gasteiger partial charge in [-0.05, 0) is 52.5 Å². The van der Waals surface area contributed by atoms with Crippen molar-refractivity contribution >= 4 is 24.5 Å². The highest BCUT2D eigenvalue weighted by Crippen LogP contribution is 2.36. The Balaban J connectivity index is 1.75. The molecule has 0 aliphatic carbocycles. The van der Waals surface area contributed by atoms with E-state index in [0.29, 0.717) is 24.2 Å². The lowest BCUT2D eigenvalue weighted by Gasteiger charge is -2.36. The van der Waals surface area contributed by atoms with Gasteiger partial charge in [-0.2, -0.15) is 0 Å². The van der Waals surface area contributed by atoms with Crippen LogP contribution in [-0.2, 0) is 11.2 Å². The van der Waals surface area contributed by atoms with Crippen molar-refractivity contribution < 1.29 is 19.6 Å². The molecule has 8 heteroatoms. The summed E-state index contributed by atoms with van der Waals surface area (Å²) in [7, 11) is -1.51. The first-order valence-corrected chi connectivity index (χ1v) is 8.71. The molecular weight excluding hydrogens is 321 g/mol. The van der Waals surface area contributed by atoms with Crippen molar-refractivity contribution in [2.24, 2.45) is 0 Å². The Kier molecular flexibility index (Phi) is 4.45. The second-order valence-corrected chi connectivity index (χ2v) is 8.10. The lowest BCUT2D eigenvalue weighted by molar-refractivity contribution is 0.0285. The van der Waals surface area contributed by atoms with Gasteiger partial charge in [0.05, 0.1) is 5.54 Å². The monoisotopic (exact) mass is 347 g/mol. The summed E-state index contributed by atoms with van der Waals surface area (Å²) in [5.74, 6) is 0.777. The third-order valence-electron chi connectivity index (χ3n) is 4.87. The SMILES string of the molecule is Cc1nc2c(cc1B(O)O)CC[C@@]1(CCN(C(=O)OC(C)(C)C)C1)N2. The summed E-state index contributed by atoms with van der Waals surface area (Å²) in [4.78, 5) is 18.6. The summed E-state index contributed by atoms with van der Waals surface area (Å²) in [5, 5.41) is 22.4. The van der Waals surface area contributed by atoms with Crippen LogP contribution < -0.4 is 10.8 Å². The van der Waals surface area contributed by atoms with E-state index in [9.17, 15) is 14.8 Å². The van der Waals surface area contributed by atoms with E-state index in [1.165, 1.54) is 0 Å². The first-order chi connectivity index (χ1) is 11.6. The van der Waals surface area contributed by atoms with E-state index in [1.54, 1.807) is 11.8 Å². The van der Waals surface area contributed by atoms with Gasteiger partial charge in [0.2, 0.25) is 0 Å². The number of hydrogen-bond acceptors (Lipinski definition) is 6. The van der Waals surface area contributed by atoms with Crippen LogP contribution in [0.3, 0.4) is 0 Å². The number of carbonyl (C=O) groups is 1. The normalized spacial score (nSPS) is 22.6. The molecule has 1 amide bonds. The largest absolute Gasteiger partial charge is 0.490 e. The standard InChI is InChI=1S/C17H26BN3O4/c1-11-13(18(23)24)9-12-5-6-17(20-14(12)19-11)7-8-21(10-17)15(22)25-16(2,3)4/h9,23-24H,5-8,10H2,1-4H3,(H,19,20)/t17-/m0/s1. The number of fused-ring (bicyclic) bond motifs is 1. The fourth-order valence-electron chi connectivity index (χ4n) is 3.57. The Hall–Kier alpha value is -1.80. The van der Waals surface area contributed by atoms with E-state index >= 15 is 0 Å². The molecule has 3 rings (SSSR count). The molecule has 1 atom stereocenters. The van der Waals surface area contributed by atoms with Crippen LogP contribution in [0, 0.1) is 6.92 Å². The lowest BCUT2D eigenvalue weighted by Crippen LogP contribution is -2.47. The van der Waals surface area contributed by atoms with Gasteiger partial charge in [0, 0.05) is 24.2 Å². The molecule has 1 aromatic heterocycles. The molecule has 2 aliphatic rings. The summed E-state index contributed by atoms with van der Waals surface area (Å²) in [6.07, 6.45) is 2.22. The van der Waals surface area contributed by atoms with Gasteiger partial charge in [-0.25, -0.2) is 9.78 Å². The van der Waals surface area contributed by atoms with E-state index in [1.807, 2.05) is 26.8 Å². The van der Waals surface area contributed by atoms with Crippen LogP contribution in [-0.4, -0.2) is 57.4 Å². The Labute approximate surface area is 148 Å². The predicted molar refractivity (Wildman–Crippen MR) is 95.9 cm³/mol. The van der Waals surface area contributed by atoms with Crippen molar-refractivity contribution in [3.63, 3.8) is 0 Å². The minimum atomic E-state index is -1.51. The summed E-state index contributed by atoms with van der Waals surface area (Å²) in [6, 6.07) is 1.81. The zero-order chi connectivity index (χ0) is 18.4. The highest BCUT2D eigenvalue weighted by atomic mass is 16.6. The number of nitrogens with zero attached hydrogens (tertiary/aromatic N) is 2. The van der Waals surface area contributed by atoms with Gasteiger partial charge in [0.1, 0.15) is 11.4 Å². The van der Waals surface area contributed by atoms with E-state index in [-0.39, 0.29) is 11.6 Å². The average molecular weight is 347 g/mol. The Morgan fingerprint density at radius 1 is 1.40 bits per heavy atom. The zero-order valence-corrected chi connectivity index (χ0v) is 15.3. The number of amides is 1. The summed E-state index contributed by atoms with van der Waals surface area (Å²) < 4.78 is 5.47. The predicted octanol–water partition coefficient (Wildman–Crippen LogP) is 0.808. The highest BCUT2D eigenvalue weighted by molar-refractivity contribution is 6.59. The van der Waals surface area contributed by atoms with Crippen LogP contribution in [0.1, 0.15) is 44.9 Å². The molecule has 0 saturated carbocycles. The maximum Gasteiger partial charge on any atom is 0.490 e. The van der Waals surface area contributed by atoms with Crippen molar-refractivity contribution in [3.8, 4) is 0 Å². The molecule has 0 radical (unpaired) electrons. The van der Waals surface area contributed by atoms with Gasteiger partial charge in [0.15, 0.2) is 0 Å². The van der Waals surface area contributed by atoms with Crippen LogP contribution in [0.4, 0.5) is 10.6 Å². The molecule has 0 unspecified atom stereocenters. The van der Waals surface area contributed by atoms with E-state index in [0.717, 1.165) is 30.6 Å². The molecule has 7 nitrogen and oxygen atoms in total. The lowest BCUT2D eigenvalue weighted by atomic mass is 9.77. The molecule has 0 bridgehead atoms. The second-order valence-electron chi connectivity index (χ2n) is 8.10. The quantitative estimate of drug-likeness (QED) is 0.651. The molecule has 136 valence electrons. The smallest absolute Gasteiger partial charge is 0.444 e. The number of carbonyl (C=O) groups excluding carboxylic acids is 1. The Bertz CT molecular complexity index is 689. The van der Waals surface area contributed by atoms with E-state index in [4.69, 9.17) is 4.74 Å². The number of rotatable bonds is 1. The number of pyridine rings is 1. The van der Waals surface area contributed by atoms with Gasteiger partial charge in [-0.1, -0.05) is 6.07 Å². The third-order valence-corrected chi connectivity index (χ3v) is 4.87. The van der Waals surface area contributed by atoms with E-state index in [2.05, 4.69) is 10.3 Å². The first kappa shape index (κ1) is 18.0. The van der Waals surface area contributed by atoms with Gasteiger partial charge in [-0.3, -0.25) is 0 Å². The van der Waals surface area contributed by atoms with Crippen LogP contribution >= 0.6 is 0 Å². The Morgan fingerprint density at radius 2 is 2.12 bits per heavy atom. The minimum absolute atomic E-state index is 0.192. The van der Waals surface area contributed by atoms with Gasteiger partial charge in [-0.15, -0.1) is 0 Å². The number of nitrogens with one attached hydrogen (secondary N) is 1. The highest BCUT2D eigenvalue weighted by Gasteiger charge is 2.43. The molecule has 1 aromatic rings. The average Bonchev–Trinajstić information content (AvgIpc) is 2.88. The molecular formula is C17H26BN3O4. The zero-order valence-electron chi connectivity index (χ0n) is 15.3. The topological polar surface area (TPSA) is 94.9 Å². The fourth-order valence-corrected chi connectivity index (χ4v) is 3.57. The molecule has 1 spiro atoms. The van der Waals surface area contributed by atoms with Gasteiger partial charge >= 0.3 is 13.2 Å². The van der Waals surface area contributed by atoms with Gasteiger partial charge in [0.25, 0.3) is 0 Å². The van der Waals surface area contributed by atoms with Crippen molar-refractivity contribution in [1.82, 2.24) is 9.88 Å². The van der Waals surface area contributed by atoms with Crippen LogP contribution in [0.25, 0.3) is 0 Å². The summed E-state index contributed by atoms with van der Waals surface area (Å²) >= 11 is 0. The van der Waals surface area contributed by atoms with Crippen molar-refractivity contribution in [2.45, 2.75) is 58.1 Å². The molecule has 3 N–H and O–H groups in total. The fraction of sp³-hybridized carbons (Fsp3) is 0.647. The molecule has 0 aromatic carbocycles. The molecule has 25 heavy (non-hydrogen) atoms. The maximum atomic E-state index is 12.3. The number of hydrogen-bond donors (Lipinski definition) is 3.